The Morgan fingerprint density at radius 2 is 1.88 bits per heavy atom. The van der Waals surface area contributed by atoms with Crippen LogP contribution in [0.3, 0.4) is 0 Å². The highest BCUT2D eigenvalue weighted by molar-refractivity contribution is 7.80. The quantitative estimate of drug-likeness (QED) is 0.351. The smallest absolute Gasteiger partial charge is 0.264 e. The Morgan fingerprint density at radius 1 is 1.09 bits per heavy atom. The van der Waals surface area contributed by atoms with Crippen LogP contribution >= 0.6 is 23.8 Å². The summed E-state index contributed by atoms with van der Waals surface area (Å²) < 4.78 is 11.4. The fourth-order valence-corrected chi connectivity index (χ4v) is 3.74. The van der Waals surface area contributed by atoms with Gasteiger partial charge in [-0.2, -0.15) is 0 Å². The van der Waals surface area contributed by atoms with Crippen molar-refractivity contribution in [3.8, 4) is 5.75 Å². The van der Waals surface area contributed by atoms with Crippen LogP contribution in [0.25, 0.3) is 11.1 Å². The van der Waals surface area contributed by atoms with E-state index in [4.69, 9.17) is 33.0 Å². The second kappa shape index (κ2) is 10.0. The minimum absolute atomic E-state index is 0.159. The van der Waals surface area contributed by atoms with Crippen LogP contribution in [0.2, 0.25) is 5.02 Å². The lowest BCUT2D eigenvalue weighted by Gasteiger charge is -2.12. The number of aryl methyl sites for hydroxylation is 2. The lowest BCUT2D eigenvalue weighted by molar-refractivity contribution is -0.121. The molecular formula is C25H22ClN3O3S. The first kappa shape index (κ1) is 22.8. The maximum atomic E-state index is 12.1. The number of benzene rings is 3. The van der Waals surface area contributed by atoms with E-state index in [1.807, 2.05) is 56.3 Å². The van der Waals surface area contributed by atoms with E-state index in [0.29, 0.717) is 23.1 Å². The number of fused-ring (bicyclic) bond motifs is 1. The van der Waals surface area contributed by atoms with Gasteiger partial charge in [0, 0.05) is 17.1 Å². The summed E-state index contributed by atoms with van der Waals surface area (Å²) in [4.78, 5) is 16.7. The highest BCUT2D eigenvalue weighted by Gasteiger charge is 2.09. The fraction of sp³-hybridized carbons (Fsp3) is 0.160. The summed E-state index contributed by atoms with van der Waals surface area (Å²) in [6.07, 6.45) is 0.580. The minimum Gasteiger partial charge on any atom is -0.483 e. The SMILES string of the molecule is Cc1ccc2oc(Cc3ccc(NC(=S)NC(=O)COc4ccc(Cl)cc4C)cc3)nc2c1. The fourth-order valence-electron chi connectivity index (χ4n) is 3.28. The molecular weight excluding hydrogens is 458 g/mol. The van der Waals surface area contributed by atoms with Crippen molar-refractivity contribution < 1.29 is 13.9 Å². The number of aromatic nitrogens is 1. The first-order valence-electron chi connectivity index (χ1n) is 10.3. The molecule has 6 nitrogen and oxygen atoms in total. The molecule has 0 aliphatic carbocycles. The number of amides is 1. The Hall–Kier alpha value is -3.42. The first-order valence-corrected chi connectivity index (χ1v) is 11.1. The Morgan fingerprint density at radius 3 is 2.64 bits per heavy atom. The van der Waals surface area contributed by atoms with Gasteiger partial charge in [-0.05, 0) is 85.2 Å². The van der Waals surface area contributed by atoms with Crippen molar-refractivity contribution in [1.29, 1.82) is 0 Å². The predicted molar refractivity (Wildman–Crippen MR) is 134 cm³/mol. The zero-order valence-electron chi connectivity index (χ0n) is 18.1. The van der Waals surface area contributed by atoms with E-state index in [1.54, 1.807) is 18.2 Å². The van der Waals surface area contributed by atoms with Gasteiger partial charge in [0.25, 0.3) is 5.91 Å². The largest absolute Gasteiger partial charge is 0.483 e. The molecule has 1 heterocycles. The van der Waals surface area contributed by atoms with Crippen molar-refractivity contribution in [2.45, 2.75) is 20.3 Å². The molecule has 2 N–H and O–H groups in total. The van der Waals surface area contributed by atoms with E-state index in [-0.39, 0.29) is 17.6 Å². The maximum absolute atomic E-state index is 12.1. The van der Waals surface area contributed by atoms with E-state index in [9.17, 15) is 4.79 Å². The van der Waals surface area contributed by atoms with Gasteiger partial charge >= 0.3 is 0 Å². The molecule has 8 heteroatoms. The molecule has 33 heavy (non-hydrogen) atoms. The summed E-state index contributed by atoms with van der Waals surface area (Å²) in [5.74, 6) is 0.901. The number of nitrogens with zero attached hydrogens (tertiary/aromatic N) is 1. The zero-order chi connectivity index (χ0) is 23.4. The summed E-state index contributed by atoms with van der Waals surface area (Å²) in [6, 6.07) is 18.8. The zero-order valence-corrected chi connectivity index (χ0v) is 19.7. The molecule has 1 amide bonds. The number of anilines is 1. The van der Waals surface area contributed by atoms with Crippen LogP contribution in [0.1, 0.15) is 22.6 Å². The Kier molecular flexibility index (Phi) is 6.91. The van der Waals surface area contributed by atoms with Gasteiger partial charge < -0.3 is 14.5 Å². The van der Waals surface area contributed by atoms with Gasteiger partial charge in [0.05, 0.1) is 0 Å². The van der Waals surface area contributed by atoms with Crippen LogP contribution in [0, 0.1) is 13.8 Å². The molecule has 0 bridgehead atoms. The topological polar surface area (TPSA) is 76.4 Å². The molecule has 0 spiro atoms. The molecule has 0 atom stereocenters. The second-order valence-corrected chi connectivity index (χ2v) is 8.50. The predicted octanol–water partition coefficient (Wildman–Crippen LogP) is 5.58. The number of hydrogen-bond donors (Lipinski definition) is 2. The van der Waals surface area contributed by atoms with Crippen molar-refractivity contribution in [2.24, 2.45) is 0 Å². The molecule has 3 aromatic carbocycles. The molecule has 168 valence electrons. The van der Waals surface area contributed by atoms with Gasteiger partial charge in [-0.3, -0.25) is 10.1 Å². The molecule has 0 aliphatic heterocycles. The van der Waals surface area contributed by atoms with Crippen molar-refractivity contribution in [2.75, 3.05) is 11.9 Å². The normalized spacial score (nSPS) is 10.8. The van der Waals surface area contributed by atoms with Crippen molar-refractivity contribution >= 4 is 51.6 Å². The third-order valence-electron chi connectivity index (χ3n) is 4.90. The third kappa shape index (κ3) is 6.09. The lowest BCUT2D eigenvalue weighted by atomic mass is 10.1. The number of hydrogen-bond acceptors (Lipinski definition) is 5. The molecule has 1 aromatic heterocycles. The number of carbonyl (C=O) groups excluding carboxylic acids is 1. The van der Waals surface area contributed by atoms with Gasteiger partial charge in [-0.15, -0.1) is 0 Å². The van der Waals surface area contributed by atoms with Crippen molar-refractivity contribution in [3.63, 3.8) is 0 Å². The van der Waals surface area contributed by atoms with Gasteiger partial charge in [0.15, 0.2) is 23.2 Å². The molecule has 0 aliphatic rings. The Labute approximate surface area is 201 Å². The second-order valence-electron chi connectivity index (χ2n) is 7.65. The van der Waals surface area contributed by atoms with Crippen LogP contribution in [0.5, 0.6) is 5.75 Å². The lowest BCUT2D eigenvalue weighted by Crippen LogP contribution is -2.37. The number of halogens is 1. The van der Waals surface area contributed by atoms with Crippen LogP contribution < -0.4 is 15.4 Å². The highest BCUT2D eigenvalue weighted by Crippen LogP contribution is 2.22. The van der Waals surface area contributed by atoms with Crippen LogP contribution in [0.4, 0.5) is 5.69 Å². The van der Waals surface area contributed by atoms with E-state index in [1.165, 1.54) is 0 Å². The van der Waals surface area contributed by atoms with Gasteiger partial charge in [0.2, 0.25) is 0 Å². The summed E-state index contributed by atoms with van der Waals surface area (Å²) in [5.41, 5.74) is 5.44. The first-order chi connectivity index (χ1) is 15.9. The molecule has 4 rings (SSSR count). The number of thiocarbonyl (C=S) groups is 1. The molecule has 0 unspecified atom stereocenters. The monoisotopic (exact) mass is 479 g/mol. The number of rotatable bonds is 6. The van der Waals surface area contributed by atoms with Crippen molar-refractivity contribution in [1.82, 2.24) is 10.3 Å². The maximum Gasteiger partial charge on any atom is 0.264 e. The summed E-state index contributed by atoms with van der Waals surface area (Å²) in [7, 11) is 0. The molecule has 0 radical (unpaired) electrons. The molecule has 0 fully saturated rings. The van der Waals surface area contributed by atoms with E-state index in [0.717, 1.165) is 33.5 Å². The minimum atomic E-state index is -0.357. The van der Waals surface area contributed by atoms with Crippen LogP contribution in [0.15, 0.2) is 65.1 Å². The number of nitrogens with one attached hydrogen (secondary N) is 2. The van der Waals surface area contributed by atoms with Gasteiger partial charge in [-0.25, -0.2) is 4.98 Å². The van der Waals surface area contributed by atoms with Crippen LogP contribution in [-0.4, -0.2) is 22.6 Å². The standard InChI is InChI=1S/C25H22ClN3O3S/c1-15-3-9-22-20(11-15)28-24(32-22)13-17-4-7-19(8-5-17)27-25(33)29-23(30)14-31-21-10-6-18(26)12-16(21)2/h3-12H,13-14H2,1-2H3,(H2,27,29,30,33). The molecule has 0 saturated heterocycles. The number of oxazole rings is 1. The Bertz CT molecular complexity index is 1320. The average molecular weight is 480 g/mol. The summed E-state index contributed by atoms with van der Waals surface area (Å²) in [6.45, 7) is 3.73. The molecule has 0 saturated carbocycles. The number of ether oxygens (including phenoxy) is 1. The van der Waals surface area contributed by atoms with Crippen LogP contribution in [-0.2, 0) is 11.2 Å². The van der Waals surface area contributed by atoms with Gasteiger partial charge in [-0.1, -0.05) is 29.8 Å². The molecule has 4 aromatic rings. The third-order valence-corrected chi connectivity index (χ3v) is 5.34. The summed E-state index contributed by atoms with van der Waals surface area (Å²) >= 11 is 11.2. The highest BCUT2D eigenvalue weighted by atomic mass is 35.5. The summed E-state index contributed by atoms with van der Waals surface area (Å²) in [5, 5.41) is 6.41. The number of carbonyl (C=O) groups is 1. The van der Waals surface area contributed by atoms with E-state index < -0.39 is 0 Å². The van der Waals surface area contributed by atoms with Gasteiger partial charge in [0.1, 0.15) is 11.3 Å². The Balaban J connectivity index is 1.27. The van der Waals surface area contributed by atoms with E-state index in [2.05, 4.69) is 15.6 Å². The average Bonchev–Trinajstić information content (AvgIpc) is 3.15. The van der Waals surface area contributed by atoms with Crippen molar-refractivity contribution in [3.05, 3.63) is 88.3 Å². The van der Waals surface area contributed by atoms with E-state index >= 15 is 0 Å².